The number of hydrogen-bond acceptors (Lipinski definition) is 4. The van der Waals surface area contributed by atoms with E-state index in [9.17, 15) is 13.2 Å². The smallest absolute Gasteiger partial charge is 0.333 e. The fraction of sp³-hybridized carbons (Fsp3) is 0.500. The number of nitrogens with two attached hydrogens (primary N) is 1. The molecule has 0 atom stereocenters. The maximum absolute atomic E-state index is 10.7. The molecule has 6 heteroatoms. The highest BCUT2D eigenvalue weighted by Crippen LogP contribution is 1.91. The van der Waals surface area contributed by atoms with E-state index >= 15 is 0 Å². The highest BCUT2D eigenvalue weighted by molar-refractivity contribution is 7.89. The number of carbonyl (C=O) groups is 1. The second-order valence-corrected chi connectivity index (χ2v) is 4.02. The quantitative estimate of drug-likeness (QED) is 0.477. The summed E-state index contributed by atoms with van der Waals surface area (Å²) in [5, 5.41) is 4.66. The number of primary sulfonamides is 1. The molecule has 0 aliphatic rings. The van der Waals surface area contributed by atoms with E-state index in [1.54, 1.807) is 0 Å². The first kappa shape index (κ1) is 11.1. The Hall–Kier alpha value is -0.880. The summed E-state index contributed by atoms with van der Waals surface area (Å²) in [4.78, 5) is 10.7. The van der Waals surface area contributed by atoms with E-state index in [1.807, 2.05) is 0 Å². The Morgan fingerprint density at radius 3 is 2.42 bits per heavy atom. The Balaban J connectivity index is 3.73. The van der Waals surface area contributed by atoms with Gasteiger partial charge >= 0.3 is 5.97 Å². The maximum Gasteiger partial charge on any atom is 0.333 e. The van der Waals surface area contributed by atoms with Gasteiger partial charge in [-0.15, -0.1) is 0 Å². The van der Waals surface area contributed by atoms with Crippen LogP contribution >= 0.6 is 0 Å². The van der Waals surface area contributed by atoms with Crippen molar-refractivity contribution in [2.75, 3.05) is 12.4 Å². The monoisotopic (exact) mass is 193 g/mol. The fourth-order valence-corrected chi connectivity index (χ4v) is 0.689. The van der Waals surface area contributed by atoms with Crippen molar-refractivity contribution in [1.82, 2.24) is 0 Å². The Kier molecular flexibility index (Phi) is 3.91. The molecular weight excluding hydrogens is 182 g/mol. The average molecular weight is 193 g/mol. The van der Waals surface area contributed by atoms with E-state index < -0.39 is 16.0 Å². The molecule has 0 saturated heterocycles. The third-order valence-corrected chi connectivity index (χ3v) is 1.69. The molecule has 0 fully saturated rings. The van der Waals surface area contributed by atoms with E-state index in [2.05, 4.69) is 16.5 Å². The van der Waals surface area contributed by atoms with Crippen LogP contribution in [0.15, 0.2) is 12.2 Å². The van der Waals surface area contributed by atoms with Gasteiger partial charge in [-0.2, -0.15) is 0 Å². The van der Waals surface area contributed by atoms with Crippen molar-refractivity contribution < 1.29 is 17.9 Å². The summed E-state index contributed by atoms with van der Waals surface area (Å²) in [7, 11) is -3.55. The van der Waals surface area contributed by atoms with Crippen LogP contribution in [0.25, 0.3) is 0 Å². The van der Waals surface area contributed by atoms with E-state index in [0.29, 0.717) is 0 Å². The van der Waals surface area contributed by atoms with Crippen molar-refractivity contribution in [2.24, 2.45) is 5.14 Å². The summed E-state index contributed by atoms with van der Waals surface area (Å²) in [6.07, 6.45) is 0. The van der Waals surface area contributed by atoms with Gasteiger partial charge in [0.1, 0.15) is 6.61 Å². The van der Waals surface area contributed by atoms with Gasteiger partial charge in [-0.25, -0.2) is 18.4 Å². The van der Waals surface area contributed by atoms with Crippen LogP contribution in [0.4, 0.5) is 0 Å². The molecule has 70 valence electrons. The number of esters is 1. The SMILES string of the molecule is C=C(C)C(=O)OCCS(N)(=O)=O. The summed E-state index contributed by atoms with van der Waals surface area (Å²) in [6.45, 7) is 4.55. The van der Waals surface area contributed by atoms with Crippen LogP contribution < -0.4 is 5.14 Å². The van der Waals surface area contributed by atoms with Gasteiger partial charge in [0.2, 0.25) is 10.0 Å². The molecule has 0 amide bonds. The van der Waals surface area contributed by atoms with Gasteiger partial charge in [-0.05, 0) is 6.92 Å². The lowest BCUT2D eigenvalue weighted by molar-refractivity contribution is -0.138. The predicted octanol–water partition coefficient (Wildman–Crippen LogP) is -0.606. The molecule has 0 unspecified atom stereocenters. The minimum absolute atomic E-state index is 0.226. The van der Waals surface area contributed by atoms with Crippen molar-refractivity contribution in [3.05, 3.63) is 12.2 Å². The first-order valence-electron chi connectivity index (χ1n) is 3.16. The first-order chi connectivity index (χ1) is 5.33. The average Bonchev–Trinajstić information content (AvgIpc) is 1.84. The Morgan fingerprint density at radius 2 is 2.08 bits per heavy atom. The van der Waals surface area contributed by atoms with Gasteiger partial charge in [-0.1, -0.05) is 6.58 Å². The lowest BCUT2D eigenvalue weighted by atomic mass is 10.4. The lowest BCUT2D eigenvalue weighted by Crippen LogP contribution is -2.21. The maximum atomic E-state index is 10.7. The van der Waals surface area contributed by atoms with Gasteiger partial charge in [0.05, 0.1) is 5.75 Å². The van der Waals surface area contributed by atoms with Crippen LogP contribution in [0, 0.1) is 0 Å². The summed E-state index contributed by atoms with van der Waals surface area (Å²) >= 11 is 0. The molecule has 0 aromatic heterocycles. The Morgan fingerprint density at radius 1 is 1.58 bits per heavy atom. The summed E-state index contributed by atoms with van der Waals surface area (Å²) < 4.78 is 25.2. The molecule has 12 heavy (non-hydrogen) atoms. The van der Waals surface area contributed by atoms with E-state index in [-0.39, 0.29) is 17.9 Å². The largest absolute Gasteiger partial charge is 0.461 e. The van der Waals surface area contributed by atoms with Gasteiger partial charge < -0.3 is 4.74 Å². The highest BCUT2D eigenvalue weighted by atomic mass is 32.2. The number of carbonyl (C=O) groups excluding carboxylic acids is 1. The zero-order valence-electron chi connectivity index (χ0n) is 6.74. The second-order valence-electron chi connectivity index (χ2n) is 2.28. The van der Waals surface area contributed by atoms with Crippen molar-refractivity contribution in [2.45, 2.75) is 6.92 Å². The molecule has 0 heterocycles. The van der Waals surface area contributed by atoms with Gasteiger partial charge in [-0.3, -0.25) is 0 Å². The van der Waals surface area contributed by atoms with Crippen LogP contribution in [0.1, 0.15) is 6.92 Å². The minimum atomic E-state index is -3.55. The normalized spacial score (nSPS) is 10.8. The lowest BCUT2D eigenvalue weighted by Gasteiger charge is -2.01. The van der Waals surface area contributed by atoms with Gasteiger partial charge in [0.25, 0.3) is 0 Å². The van der Waals surface area contributed by atoms with Crippen LogP contribution in [-0.2, 0) is 19.6 Å². The van der Waals surface area contributed by atoms with Crippen LogP contribution in [-0.4, -0.2) is 26.7 Å². The topological polar surface area (TPSA) is 86.5 Å². The molecule has 0 spiro atoms. The van der Waals surface area contributed by atoms with Crippen molar-refractivity contribution in [1.29, 1.82) is 0 Å². The molecule has 0 aromatic rings. The molecule has 5 nitrogen and oxygen atoms in total. The zero-order valence-corrected chi connectivity index (χ0v) is 7.56. The number of ether oxygens (including phenoxy) is 1. The Labute approximate surface area is 71.3 Å². The van der Waals surface area contributed by atoms with Gasteiger partial charge in [0.15, 0.2) is 0 Å². The third kappa shape index (κ3) is 5.87. The molecule has 0 rings (SSSR count). The molecular formula is C6H11NO4S. The number of rotatable bonds is 4. The van der Waals surface area contributed by atoms with Gasteiger partial charge in [0, 0.05) is 5.57 Å². The van der Waals surface area contributed by atoms with E-state index in [1.165, 1.54) is 6.92 Å². The van der Waals surface area contributed by atoms with Crippen LogP contribution in [0.3, 0.4) is 0 Å². The number of sulfonamides is 1. The molecule has 0 aliphatic carbocycles. The zero-order chi connectivity index (χ0) is 9.78. The number of hydrogen-bond donors (Lipinski definition) is 1. The summed E-state index contributed by atoms with van der Waals surface area (Å²) in [5.41, 5.74) is 0.226. The molecule has 0 saturated carbocycles. The first-order valence-corrected chi connectivity index (χ1v) is 4.87. The molecule has 0 radical (unpaired) electrons. The summed E-state index contributed by atoms with van der Waals surface area (Å²) in [6, 6.07) is 0. The predicted molar refractivity (Wildman–Crippen MR) is 43.7 cm³/mol. The van der Waals surface area contributed by atoms with E-state index in [0.717, 1.165) is 0 Å². The highest BCUT2D eigenvalue weighted by Gasteiger charge is 2.06. The van der Waals surface area contributed by atoms with Crippen LogP contribution in [0.5, 0.6) is 0 Å². The molecule has 0 bridgehead atoms. The van der Waals surface area contributed by atoms with Crippen molar-refractivity contribution in [3.8, 4) is 0 Å². The fourth-order valence-electron chi connectivity index (χ4n) is 0.374. The molecule has 2 N–H and O–H groups in total. The van der Waals surface area contributed by atoms with Crippen molar-refractivity contribution in [3.63, 3.8) is 0 Å². The Bertz CT molecular complexity index is 280. The standard InChI is InChI=1S/C6H11NO4S/c1-5(2)6(8)11-3-4-12(7,9)10/h1,3-4H2,2H3,(H2,7,9,10). The summed E-state index contributed by atoms with van der Waals surface area (Å²) in [5.74, 6) is -0.981. The molecule has 0 aromatic carbocycles. The van der Waals surface area contributed by atoms with Crippen molar-refractivity contribution >= 4 is 16.0 Å². The third-order valence-electron chi connectivity index (χ3n) is 0.949. The van der Waals surface area contributed by atoms with E-state index in [4.69, 9.17) is 0 Å². The van der Waals surface area contributed by atoms with Crippen LogP contribution in [0.2, 0.25) is 0 Å². The second kappa shape index (κ2) is 4.22. The minimum Gasteiger partial charge on any atom is -0.461 e. The molecule has 0 aliphatic heterocycles.